The van der Waals surface area contributed by atoms with Crippen LogP contribution >= 0.6 is 23.1 Å². The summed E-state index contributed by atoms with van der Waals surface area (Å²) in [4.78, 5) is 24.8. The molecule has 0 spiro atoms. The lowest BCUT2D eigenvalue weighted by atomic mass is 10.3. The summed E-state index contributed by atoms with van der Waals surface area (Å²) in [6.07, 6.45) is 0. The standard InChI is InChI=1S/C12H17NO3S2/c1-3-13(4-2)10(14)8-17-7-9-5-6-18-11(9)12(15)16/h5-6H,3-4,7-8H2,1-2H3,(H,15,16). The first-order chi connectivity index (χ1) is 8.60. The zero-order valence-electron chi connectivity index (χ0n) is 10.5. The molecule has 100 valence electrons. The highest BCUT2D eigenvalue weighted by Gasteiger charge is 2.13. The first kappa shape index (κ1) is 15.0. The van der Waals surface area contributed by atoms with Crippen molar-refractivity contribution in [3.8, 4) is 0 Å². The van der Waals surface area contributed by atoms with E-state index in [9.17, 15) is 9.59 Å². The molecule has 0 fully saturated rings. The number of amides is 1. The van der Waals surface area contributed by atoms with Crippen LogP contribution in [0.4, 0.5) is 0 Å². The van der Waals surface area contributed by atoms with Gasteiger partial charge in [-0.3, -0.25) is 4.79 Å². The van der Waals surface area contributed by atoms with E-state index in [1.54, 1.807) is 10.3 Å². The minimum atomic E-state index is -0.893. The van der Waals surface area contributed by atoms with Crippen molar-refractivity contribution < 1.29 is 14.7 Å². The number of hydrogen-bond acceptors (Lipinski definition) is 4. The van der Waals surface area contributed by atoms with Gasteiger partial charge in [-0.2, -0.15) is 0 Å². The molecule has 0 aliphatic carbocycles. The Labute approximate surface area is 115 Å². The van der Waals surface area contributed by atoms with E-state index in [0.29, 0.717) is 29.5 Å². The van der Waals surface area contributed by atoms with Gasteiger partial charge in [0.2, 0.25) is 5.91 Å². The molecular formula is C12H17NO3S2. The number of hydrogen-bond donors (Lipinski definition) is 1. The van der Waals surface area contributed by atoms with E-state index in [1.165, 1.54) is 23.1 Å². The maximum atomic E-state index is 11.7. The van der Waals surface area contributed by atoms with E-state index < -0.39 is 5.97 Å². The average molecular weight is 287 g/mol. The Morgan fingerprint density at radius 2 is 2.06 bits per heavy atom. The van der Waals surface area contributed by atoms with Gasteiger partial charge < -0.3 is 10.0 Å². The molecule has 1 N–H and O–H groups in total. The summed E-state index contributed by atoms with van der Waals surface area (Å²) in [5.41, 5.74) is 0.796. The summed E-state index contributed by atoms with van der Waals surface area (Å²) in [6, 6.07) is 1.81. The quantitative estimate of drug-likeness (QED) is 0.837. The van der Waals surface area contributed by atoms with Gasteiger partial charge in [-0.05, 0) is 30.9 Å². The number of carboxylic acids is 1. The second kappa shape index (κ2) is 7.43. The Kier molecular flexibility index (Phi) is 6.21. The largest absolute Gasteiger partial charge is 0.477 e. The van der Waals surface area contributed by atoms with Crippen LogP contribution in [0.15, 0.2) is 11.4 Å². The molecule has 0 atom stereocenters. The van der Waals surface area contributed by atoms with Crippen LogP contribution in [0.1, 0.15) is 29.1 Å². The van der Waals surface area contributed by atoms with Crippen LogP contribution in [0.3, 0.4) is 0 Å². The molecule has 0 saturated heterocycles. The van der Waals surface area contributed by atoms with Crippen molar-refractivity contribution in [2.24, 2.45) is 0 Å². The molecule has 0 aliphatic heterocycles. The molecule has 1 heterocycles. The molecule has 0 unspecified atom stereocenters. The van der Waals surface area contributed by atoms with Crippen molar-refractivity contribution in [3.63, 3.8) is 0 Å². The monoisotopic (exact) mass is 287 g/mol. The Morgan fingerprint density at radius 1 is 1.39 bits per heavy atom. The van der Waals surface area contributed by atoms with Crippen molar-refractivity contribution in [1.82, 2.24) is 4.90 Å². The molecule has 0 aromatic carbocycles. The molecule has 1 amide bonds. The van der Waals surface area contributed by atoms with Crippen molar-refractivity contribution >= 4 is 35.0 Å². The number of rotatable bonds is 7. The normalized spacial score (nSPS) is 10.3. The van der Waals surface area contributed by atoms with Gasteiger partial charge in [0.1, 0.15) is 4.88 Å². The minimum absolute atomic E-state index is 0.108. The lowest BCUT2D eigenvalue weighted by Gasteiger charge is -2.18. The van der Waals surface area contributed by atoms with Gasteiger partial charge in [0, 0.05) is 18.8 Å². The van der Waals surface area contributed by atoms with E-state index in [1.807, 2.05) is 19.9 Å². The summed E-state index contributed by atoms with van der Waals surface area (Å²) < 4.78 is 0. The number of thiophene rings is 1. The van der Waals surface area contributed by atoms with Gasteiger partial charge in [0.15, 0.2) is 0 Å². The third-order valence-corrected chi connectivity index (χ3v) is 4.45. The van der Waals surface area contributed by atoms with E-state index >= 15 is 0 Å². The van der Waals surface area contributed by atoms with Gasteiger partial charge in [0.25, 0.3) is 0 Å². The minimum Gasteiger partial charge on any atom is -0.477 e. The van der Waals surface area contributed by atoms with E-state index in [2.05, 4.69) is 0 Å². The highest BCUT2D eigenvalue weighted by atomic mass is 32.2. The predicted molar refractivity (Wildman–Crippen MR) is 75.4 cm³/mol. The predicted octanol–water partition coefficient (Wildman–Crippen LogP) is 2.55. The highest BCUT2D eigenvalue weighted by molar-refractivity contribution is 7.99. The molecule has 0 saturated carbocycles. The van der Waals surface area contributed by atoms with Crippen LogP contribution in [-0.2, 0) is 10.5 Å². The Balaban J connectivity index is 2.44. The average Bonchev–Trinajstić information content (AvgIpc) is 2.79. The molecule has 1 aromatic heterocycles. The molecule has 6 heteroatoms. The maximum Gasteiger partial charge on any atom is 0.346 e. The fourth-order valence-corrected chi connectivity index (χ4v) is 3.32. The first-order valence-electron chi connectivity index (χ1n) is 5.75. The lowest BCUT2D eigenvalue weighted by molar-refractivity contribution is -0.127. The molecule has 0 aliphatic rings. The van der Waals surface area contributed by atoms with Crippen LogP contribution in [0.2, 0.25) is 0 Å². The zero-order valence-corrected chi connectivity index (χ0v) is 12.1. The summed E-state index contributed by atoms with van der Waals surface area (Å²) in [7, 11) is 0. The smallest absolute Gasteiger partial charge is 0.346 e. The number of nitrogens with zero attached hydrogens (tertiary/aromatic N) is 1. The van der Waals surface area contributed by atoms with Crippen LogP contribution in [-0.4, -0.2) is 40.7 Å². The van der Waals surface area contributed by atoms with Crippen LogP contribution in [0, 0.1) is 0 Å². The first-order valence-corrected chi connectivity index (χ1v) is 7.78. The molecular weight excluding hydrogens is 270 g/mol. The maximum absolute atomic E-state index is 11.7. The van der Waals surface area contributed by atoms with Gasteiger partial charge in [0.05, 0.1) is 5.75 Å². The fraction of sp³-hybridized carbons (Fsp3) is 0.500. The summed E-state index contributed by atoms with van der Waals surface area (Å²) in [5, 5.41) is 10.7. The number of carbonyl (C=O) groups is 2. The van der Waals surface area contributed by atoms with Gasteiger partial charge in [-0.25, -0.2) is 4.79 Å². The summed E-state index contributed by atoms with van der Waals surface area (Å²) in [5.74, 6) is 0.183. The van der Waals surface area contributed by atoms with Crippen molar-refractivity contribution in [1.29, 1.82) is 0 Å². The molecule has 0 radical (unpaired) electrons. The van der Waals surface area contributed by atoms with E-state index in [-0.39, 0.29) is 5.91 Å². The number of thioether (sulfide) groups is 1. The number of carbonyl (C=O) groups excluding carboxylic acids is 1. The second-order valence-electron chi connectivity index (χ2n) is 3.64. The molecule has 0 bridgehead atoms. The van der Waals surface area contributed by atoms with Crippen LogP contribution < -0.4 is 0 Å². The number of carboxylic acid groups (broad SMARTS) is 1. The number of aromatic carboxylic acids is 1. The zero-order chi connectivity index (χ0) is 13.5. The SMILES string of the molecule is CCN(CC)C(=O)CSCc1ccsc1C(=O)O. The molecule has 18 heavy (non-hydrogen) atoms. The topological polar surface area (TPSA) is 57.6 Å². The summed E-state index contributed by atoms with van der Waals surface area (Å²) >= 11 is 2.69. The van der Waals surface area contributed by atoms with Crippen LogP contribution in [0.25, 0.3) is 0 Å². The Hall–Kier alpha value is -1.01. The molecule has 1 aromatic rings. The fourth-order valence-electron chi connectivity index (χ4n) is 1.55. The van der Waals surface area contributed by atoms with Crippen molar-refractivity contribution in [2.75, 3.05) is 18.8 Å². The third-order valence-electron chi connectivity index (χ3n) is 2.54. The Bertz CT molecular complexity index is 413. The van der Waals surface area contributed by atoms with Gasteiger partial charge >= 0.3 is 5.97 Å². The van der Waals surface area contributed by atoms with Gasteiger partial charge in [-0.15, -0.1) is 23.1 Å². The lowest BCUT2D eigenvalue weighted by Crippen LogP contribution is -2.31. The second-order valence-corrected chi connectivity index (χ2v) is 5.54. The van der Waals surface area contributed by atoms with E-state index in [0.717, 1.165) is 5.56 Å². The summed E-state index contributed by atoms with van der Waals surface area (Å²) in [6.45, 7) is 5.34. The van der Waals surface area contributed by atoms with Crippen molar-refractivity contribution in [3.05, 3.63) is 21.9 Å². The Morgan fingerprint density at radius 3 is 2.61 bits per heavy atom. The van der Waals surface area contributed by atoms with Crippen molar-refractivity contribution in [2.45, 2.75) is 19.6 Å². The highest BCUT2D eigenvalue weighted by Crippen LogP contribution is 2.22. The molecule has 4 nitrogen and oxygen atoms in total. The van der Waals surface area contributed by atoms with Crippen LogP contribution in [0.5, 0.6) is 0 Å². The third kappa shape index (κ3) is 4.03. The molecule has 1 rings (SSSR count). The van der Waals surface area contributed by atoms with E-state index in [4.69, 9.17) is 5.11 Å². The van der Waals surface area contributed by atoms with Gasteiger partial charge in [-0.1, -0.05) is 0 Å².